The molecular formula is C19H21FN2O2. The van der Waals surface area contributed by atoms with E-state index in [1.54, 1.807) is 0 Å². The summed E-state index contributed by atoms with van der Waals surface area (Å²) in [6.45, 7) is 2.44. The van der Waals surface area contributed by atoms with Crippen LogP contribution >= 0.6 is 0 Å². The van der Waals surface area contributed by atoms with Crippen LogP contribution in [0, 0.1) is 5.82 Å². The van der Waals surface area contributed by atoms with Crippen molar-refractivity contribution in [1.82, 2.24) is 10.6 Å². The summed E-state index contributed by atoms with van der Waals surface area (Å²) in [6.07, 6.45) is 0.903. The van der Waals surface area contributed by atoms with Crippen molar-refractivity contribution in [1.29, 1.82) is 0 Å². The second kappa shape index (κ2) is 8.82. The second-order valence-corrected chi connectivity index (χ2v) is 5.51. The summed E-state index contributed by atoms with van der Waals surface area (Å²) in [5.74, 6) is -0.997. The zero-order chi connectivity index (χ0) is 17.4. The Balaban J connectivity index is 1.80. The Labute approximate surface area is 141 Å². The van der Waals surface area contributed by atoms with E-state index in [9.17, 15) is 14.0 Å². The summed E-state index contributed by atoms with van der Waals surface area (Å²) in [5, 5.41) is 5.31. The lowest BCUT2D eigenvalue weighted by Crippen LogP contribution is -2.38. The maximum atomic E-state index is 13.1. The number of amides is 2. The van der Waals surface area contributed by atoms with Crippen molar-refractivity contribution in [3.63, 3.8) is 0 Å². The van der Waals surface area contributed by atoms with Gasteiger partial charge in [0, 0.05) is 18.0 Å². The smallest absolute Gasteiger partial charge is 0.251 e. The molecule has 2 rings (SSSR count). The van der Waals surface area contributed by atoms with E-state index in [1.165, 1.54) is 23.8 Å². The monoisotopic (exact) mass is 328 g/mol. The fourth-order valence-corrected chi connectivity index (χ4v) is 2.41. The van der Waals surface area contributed by atoms with Gasteiger partial charge in [-0.05, 0) is 30.2 Å². The van der Waals surface area contributed by atoms with Crippen LogP contribution in [-0.4, -0.2) is 24.9 Å². The molecular weight excluding hydrogens is 307 g/mol. The van der Waals surface area contributed by atoms with Crippen LogP contribution in [0.25, 0.3) is 0 Å². The highest BCUT2D eigenvalue weighted by Crippen LogP contribution is 2.17. The molecule has 24 heavy (non-hydrogen) atoms. The van der Waals surface area contributed by atoms with Crippen LogP contribution in [0.2, 0.25) is 0 Å². The first kappa shape index (κ1) is 17.7. The van der Waals surface area contributed by atoms with E-state index >= 15 is 0 Å². The number of rotatable bonds is 7. The van der Waals surface area contributed by atoms with Gasteiger partial charge in [0.2, 0.25) is 5.91 Å². The minimum absolute atomic E-state index is 0.138. The van der Waals surface area contributed by atoms with Gasteiger partial charge in [-0.3, -0.25) is 9.59 Å². The quantitative estimate of drug-likeness (QED) is 0.821. The molecule has 2 amide bonds. The number of halogens is 1. The maximum absolute atomic E-state index is 13.1. The lowest BCUT2D eigenvalue weighted by Gasteiger charge is -2.16. The van der Waals surface area contributed by atoms with Crippen molar-refractivity contribution in [2.24, 2.45) is 0 Å². The van der Waals surface area contributed by atoms with Crippen molar-refractivity contribution in [3.05, 3.63) is 71.5 Å². The first-order chi connectivity index (χ1) is 11.6. The number of carbonyl (C=O) groups is 2. The first-order valence-corrected chi connectivity index (χ1v) is 7.95. The molecule has 0 aliphatic carbocycles. The highest BCUT2D eigenvalue weighted by molar-refractivity contribution is 5.96. The van der Waals surface area contributed by atoms with Gasteiger partial charge in [0.05, 0.1) is 6.54 Å². The zero-order valence-electron chi connectivity index (χ0n) is 13.6. The van der Waals surface area contributed by atoms with Gasteiger partial charge >= 0.3 is 0 Å². The lowest BCUT2D eigenvalue weighted by molar-refractivity contribution is -0.120. The van der Waals surface area contributed by atoms with Crippen molar-refractivity contribution in [2.75, 3.05) is 13.1 Å². The molecule has 0 aliphatic rings. The van der Waals surface area contributed by atoms with Gasteiger partial charge in [-0.15, -0.1) is 0 Å². The molecule has 0 heterocycles. The lowest BCUT2D eigenvalue weighted by atomic mass is 9.96. The van der Waals surface area contributed by atoms with Crippen LogP contribution in [0.5, 0.6) is 0 Å². The highest BCUT2D eigenvalue weighted by Gasteiger charge is 2.12. The van der Waals surface area contributed by atoms with E-state index in [0.29, 0.717) is 6.54 Å². The third-order valence-corrected chi connectivity index (χ3v) is 3.81. The molecule has 2 aromatic rings. The number of hydrogen-bond acceptors (Lipinski definition) is 2. The molecule has 0 saturated heterocycles. The fourth-order valence-electron chi connectivity index (χ4n) is 2.41. The van der Waals surface area contributed by atoms with Crippen molar-refractivity contribution < 1.29 is 14.0 Å². The molecule has 2 N–H and O–H groups in total. The predicted octanol–water partition coefficient (Wildman–Crippen LogP) is 2.87. The van der Waals surface area contributed by atoms with E-state index in [0.717, 1.165) is 12.5 Å². The zero-order valence-corrected chi connectivity index (χ0v) is 13.6. The first-order valence-electron chi connectivity index (χ1n) is 7.95. The largest absolute Gasteiger partial charge is 0.354 e. The summed E-state index contributed by atoms with van der Waals surface area (Å²) < 4.78 is 13.1. The van der Waals surface area contributed by atoms with Gasteiger partial charge in [-0.25, -0.2) is 4.39 Å². The summed E-state index contributed by atoms with van der Waals surface area (Å²) >= 11 is 0. The number of hydrogen-bond donors (Lipinski definition) is 2. The Morgan fingerprint density at radius 3 is 2.46 bits per heavy atom. The van der Waals surface area contributed by atoms with Crippen LogP contribution in [0.1, 0.15) is 35.2 Å². The van der Waals surface area contributed by atoms with E-state index in [-0.39, 0.29) is 23.9 Å². The average Bonchev–Trinajstić information content (AvgIpc) is 2.61. The Morgan fingerprint density at radius 1 is 1.04 bits per heavy atom. The normalized spacial score (nSPS) is 11.6. The fraction of sp³-hybridized carbons (Fsp3) is 0.263. The van der Waals surface area contributed by atoms with E-state index in [1.807, 2.05) is 30.3 Å². The molecule has 126 valence electrons. The Kier molecular flexibility index (Phi) is 6.49. The molecule has 4 nitrogen and oxygen atoms in total. The summed E-state index contributed by atoms with van der Waals surface area (Å²) in [7, 11) is 0. The van der Waals surface area contributed by atoms with Gasteiger partial charge in [0.15, 0.2) is 0 Å². The second-order valence-electron chi connectivity index (χ2n) is 5.51. The predicted molar refractivity (Wildman–Crippen MR) is 91.2 cm³/mol. The van der Waals surface area contributed by atoms with Gasteiger partial charge in [0.25, 0.3) is 5.91 Å². The van der Waals surface area contributed by atoms with Crippen LogP contribution in [0.3, 0.4) is 0 Å². The molecule has 0 radical (unpaired) electrons. The standard InChI is InChI=1S/C19H21FN2O2/c1-2-14(15-7-4-3-5-8-15)12-21-18(23)13-22-19(24)16-9-6-10-17(20)11-16/h3-11,14H,2,12-13H2,1H3,(H,21,23)(H,22,24). The van der Waals surface area contributed by atoms with Crippen molar-refractivity contribution in [2.45, 2.75) is 19.3 Å². The van der Waals surface area contributed by atoms with Gasteiger partial charge in [-0.2, -0.15) is 0 Å². The number of nitrogens with one attached hydrogen (secondary N) is 2. The molecule has 0 saturated carbocycles. The molecule has 1 atom stereocenters. The maximum Gasteiger partial charge on any atom is 0.251 e. The Morgan fingerprint density at radius 2 is 1.79 bits per heavy atom. The average molecular weight is 328 g/mol. The molecule has 0 aliphatic heterocycles. The van der Waals surface area contributed by atoms with Crippen LogP contribution < -0.4 is 10.6 Å². The number of carbonyl (C=O) groups excluding carboxylic acids is 2. The number of benzene rings is 2. The summed E-state index contributed by atoms with van der Waals surface area (Å²) in [6, 6.07) is 15.3. The third-order valence-electron chi connectivity index (χ3n) is 3.81. The van der Waals surface area contributed by atoms with Crippen LogP contribution in [0.4, 0.5) is 4.39 Å². The molecule has 0 bridgehead atoms. The van der Waals surface area contributed by atoms with Crippen molar-refractivity contribution >= 4 is 11.8 Å². The highest BCUT2D eigenvalue weighted by atomic mass is 19.1. The molecule has 0 aromatic heterocycles. The minimum Gasteiger partial charge on any atom is -0.354 e. The SMILES string of the molecule is CCC(CNC(=O)CNC(=O)c1cccc(F)c1)c1ccccc1. The molecule has 1 unspecified atom stereocenters. The minimum atomic E-state index is -0.485. The van der Waals surface area contributed by atoms with Gasteiger partial charge < -0.3 is 10.6 Å². The molecule has 2 aromatic carbocycles. The van der Waals surface area contributed by atoms with E-state index < -0.39 is 11.7 Å². The van der Waals surface area contributed by atoms with Crippen molar-refractivity contribution in [3.8, 4) is 0 Å². The Bertz CT molecular complexity index is 689. The third kappa shape index (κ3) is 5.19. The molecule has 5 heteroatoms. The van der Waals surface area contributed by atoms with E-state index in [4.69, 9.17) is 0 Å². The topological polar surface area (TPSA) is 58.2 Å². The van der Waals surface area contributed by atoms with Crippen LogP contribution in [-0.2, 0) is 4.79 Å². The summed E-state index contributed by atoms with van der Waals surface area (Å²) in [5.41, 5.74) is 1.36. The van der Waals surface area contributed by atoms with Crippen LogP contribution in [0.15, 0.2) is 54.6 Å². The van der Waals surface area contributed by atoms with E-state index in [2.05, 4.69) is 17.6 Å². The Hall–Kier alpha value is -2.69. The summed E-state index contributed by atoms with van der Waals surface area (Å²) in [4.78, 5) is 23.8. The van der Waals surface area contributed by atoms with Gasteiger partial charge in [-0.1, -0.05) is 43.3 Å². The molecule has 0 fully saturated rings. The molecule has 0 spiro atoms. The van der Waals surface area contributed by atoms with Gasteiger partial charge in [0.1, 0.15) is 5.82 Å².